The first-order valence-electron chi connectivity index (χ1n) is 7.82. The number of nitrogens with zero attached hydrogens (tertiary/aromatic N) is 4. The van der Waals surface area contributed by atoms with Gasteiger partial charge in [-0.25, -0.2) is 4.98 Å². The zero-order valence-electron chi connectivity index (χ0n) is 13.5. The summed E-state index contributed by atoms with van der Waals surface area (Å²) in [5.74, 6) is 0.368. The molecular weight excluding hydrogens is 349 g/mol. The first-order valence-corrected chi connectivity index (χ1v) is 7.82. The molecule has 0 aromatic carbocycles. The fourth-order valence-corrected chi connectivity index (χ4v) is 2.58. The van der Waals surface area contributed by atoms with Crippen molar-refractivity contribution >= 4 is 11.8 Å². The average molecular weight is 364 g/mol. The maximum absolute atomic E-state index is 13.0. The number of pyridine rings is 1. The van der Waals surface area contributed by atoms with Crippen molar-refractivity contribution < 1.29 is 18.3 Å². The molecule has 3 rings (SSSR count). The van der Waals surface area contributed by atoms with E-state index >= 15 is 0 Å². The molecule has 1 aliphatic carbocycles. The molecule has 0 amide bonds. The molecule has 0 spiro atoms. The summed E-state index contributed by atoms with van der Waals surface area (Å²) in [4.78, 5) is 11.8. The number of aliphatic hydroxyl groups is 1. The van der Waals surface area contributed by atoms with Crippen LogP contribution in [0, 0.1) is 11.3 Å². The molecule has 3 N–H and O–H groups in total. The van der Waals surface area contributed by atoms with Gasteiger partial charge in [-0.1, -0.05) is 0 Å². The highest BCUT2D eigenvalue weighted by Crippen LogP contribution is 2.31. The lowest BCUT2D eigenvalue weighted by molar-refractivity contribution is -0.138. The molecule has 0 bridgehead atoms. The van der Waals surface area contributed by atoms with Crippen LogP contribution in [0.5, 0.6) is 0 Å². The van der Waals surface area contributed by atoms with Gasteiger partial charge in [0.25, 0.3) is 0 Å². The second kappa shape index (κ2) is 7.13. The van der Waals surface area contributed by atoms with Crippen molar-refractivity contribution in [3.8, 4) is 6.07 Å². The number of halogens is 3. The normalized spacial score (nSPS) is 19.3. The van der Waals surface area contributed by atoms with Crippen molar-refractivity contribution in [3.05, 3.63) is 41.3 Å². The maximum atomic E-state index is 13.0. The fourth-order valence-electron chi connectivity index (χ4n) is 2.58. The van der Waals surface area contributed by atoms with E-state index in [2.05, 4.69) is 25.6 Å². The molecule has 1 saturated carbocycles. The van der Waals surface area contributed by atoms with Crippen molar-refractivity contribution in [2.45, 2.75) is 37.7 Å². The van der Waals surface area contributed by atoms with Crippen LogP contribution in [-0.4, -0.2) is 32.2 Å². The monoisotopic (exact) mass is 364 g/mol. The summed E-state index contributed by atoms with van der Waals surface area (Å²) in [5.41, 5.74) is -0.602. The molecule has 0 aliphatic heterocycles. The van der Waals surface area contributed by atoms with Crippen LogP contribution in [-0.2, 0) is 12.7 Å². The van der Waals surface area contributed by atoms with Gasteiger partial charge in [-0.2, -0.15) is 23.4 Å². The predicted molar refractivity (Wildman–Crippen MR) is 86.0 cm³/mol. The number of hydrogen-bond donors (Lipinski definition) is 3. The third kappa shape index (κ3) is 4.00. The van der Waals surface area contributed by atoms with Gasteiger partial charge < -0.3 is 15.7 Å². The van der Waals surface area contributed by atoms with E-state index < -0.39 is 11.7 Å². The fraction of sp³-hybridized carbons (Fsp3) is 0.375. The molecule has 2 aromatic heterocycles. The van der Waals surface area contributed by atoms with Crippen LogP contribution in [0.15, 0.2) is 24.7 Å². The van der Waals surface area contributed by atoms with Gasteiger partial charge in [-0.15, -0.1) is 0 Å². The van der Waals surface area contributed by atoms with Gasteiger partial charge >= 0.3 is 6.18 Å². The molecule has 7 nitrogen and oxygen atoms in total. The molecule has 136 valence electrons. The van der Waals surface area contributed by atoms with Gasteiger partial charge in [0.1, 0.15) is 17.5 Å². The number of nitrogens with one attached hydrogen (secondary N) is 2. The van der Waals surface area contributed by atoms with Gasteiger partial charge in [-0.05, 0) is 18.9 Å². The van der Waals surface area contributed by atoms with Crippen molar-refractivity contribution in [2.75, 3.05) is 10.6 Å². The Kier molecular flexibility index (Phi) is 4.90. The number of rotatable bonds is 5. The molecule has 26 heavy (non-hydrogen) atoms. The summed E-state index contributed by atoms with van der Waals surface area (Å²) in [6.45, 7) is -0.170. The second-order valence-electron chi connectivity index (χ2n) is 5.92. The summed E-state index contributed by atoms with van der Waals surface area (Å²) in [6.07, 6.45) is -0.258. The lowest BCUT2D eigenvalue weighted by atomic mass is 9.89. The van der Waals surface area contributed by atoms with E-state index in [1.165, 1.54) is 6.20 Å². The summed E-state index contributed by atoms with van der Waals surface area (Å²) in [6, 6.07) is 2.86. The Morgan fingerprint density at radius 1 is 1.31 bits per heavy atom. The molecule has 2 aromatic rings. The highest BCUT2D eigenvalue weighted by molar-refractivity contribution is 5.54. The van der Waals surface area contributed by atoms with E-state index in [-0.39, 0.29) is 41.6 Å². The lowest BCUT2D eigenvalue weighted by Gasteiger charge is -2.32. The molecule has 2 heterocycles. The summed E-state index contributed by atoms with van der Waals surface area (Å²) < 4.78 is 39.0. The predicted octanol–water partition coefficient (Wildman–Crippen LogP) is 2.31. The van der Waals surface area contributed by atoms with Gasteiger partial charge in [0.15, 0.2) is 0 Å². The van der Waals surface area contributed by atoms with Crippen LogP contribution >= 0.6 is 0 Å². The van der Waals surface area contributed by atoms with Gasteiger partial charge in [0, 0.05) is 30.5 Å². The van der Waals surface area contributed by atoms with Crippen molar-refractivity contribution in [3.63, 3.8) is 0 Å². The standard InChI is InChI=1S/C16H15F3N6O/c17-16(18,19)13-1-2-21-6-10(13)8-23-15-22-7-9(5-20)14(25-15)24-11-3-12(26)4-11/h1-2,6-7,11-12,26H,3-4,8H2,(H2,22,23,24,25)/t11-,12-. The Balaban J connectivity index is 1.74. The Morgan fingerprint density at radius 2 is 2.08 bits per heavy atom. The highest BCUT2D eigenvalue weighted by Gasteiger charge is 2.33. The smallest absolute Gasteiger partial charge is 0.393 e. The number of nitriles is 1. The topological polar surface area (TPSA) is 107 Å². The second-order valence-corrected chi connectivity index (χ2v) is 5.92. The SMILES string of the molecule is N#Cc1cnc(NCc2cnccc2C(F)(F)F)nc1N[C@H]1C[C@H](O)C1. The van der Waals surface area contributed by atoms with Crippen LogP contribution < -0.4 is 10.6 Å². The Hall–Kier alpha value is -2.93. The molecule has 0 atom stereocenters. The molecule has 0 unspecified atom stereocenters. The number of anilines is 2. The zero-order chi connectivity index (χ0) is 18.7. The molecule has 10 heteroatoms. The summed E-state index contributed by atoms with van der Waals surface area (Å²) in [5, 5.41) is 24.2. The molecule has 0 saturated heterocycles. The quantitative estimate of drug-likeness (QED) is 0.747. The van der Waals surface area contributed by atoms with E-state index in [4.69, 9.17) is 5.26 Å². The summed E-state index contributed by atoms with van der Waals surface area (Å²) in [7, 11) is 0. The van der Waals surface area contributed by atoms with Crippen LogP contribution in [0.1, 0.15) is 29.5 Å². The highest BCUT2D eigenvalue weighted by atomic mass is 19.4. The summed E-state index contributed by atoms with van der Waals surface area (Å²) >= 11 is 0. The molecule has 1 aliphatic rings. The minimum atomic E-state index is -4.48. The Bertz CT molecular complexity index is 829. The Morgan fingerprint density at radius 3 is 2.73 bits per heavy atom. The first-order chi connectivity index (χ1) is 12.4. The first kappa shape index (κ1) is 17.9. The van der Waals surface area contributed by atoms with E-state index in [1.54, 1.807) is 0 Å². The largest absolute Gasteiger partial charge is 0.416 e. The minimum absolute atomic E-state index is 0.00462. The number of aliphatic hydroxyl groups excluding tert-OH is 1. The molecule has 1 fully saturated rings. The third-order valence-electron chi connectivity index (χ3n) is 4.01. The van der Waals surface area contributed by atoms with Gasteiger partial charge in [0.05, 0.1) is 17.9 Å². The minimum Gasteiger partial charge on any atom is -0.393 e. The van der Waals surface area contributed by atoms with Crippen LogP contribution in [0.4, 0.5) is 24.9 Å². The van der Waals surface area contributed by atoms with E-state index in [1.807, 2.05) is 6.07 Å². The lowest BCUT2D eigenvalue weighted by Crippen LogP contribution is -2.39. The van der Waals surface area contributed by atoms with E-state index in [0.29, 0.717) is 12.8 Å². The van der Waals surface area contributed by atoms with Crippen LogP contribution in [0.3, 0.4) is 0 Å². The van der Waals surface area contributed by atoms with Crippen molar-refractivity contribution in [2.24, 2.45) is 0 Å². The maximum Gasteiger partial charge on any atom is 0.416 e. The van der Waals surface area contributed by atoms with Crippen LogP contribution in [0.25, 0.3) is 0 Å². The Labute approximate surface area is 146 Å². The number of alkyl halides is 3. The number of aromatic nitrogens is 3. The third-order valence-corrected chi connectivity index (χ3v) is 4.01. The van der Waals surface area contributed by atoms with E-state index in [9.17, 15) is 18.3 Å². The zero-order valence-corrected chi connectivity index (χ0v) is 13.5. The van der Waals surface area contributed by atoms with Crippen molar-refractivity contribution in [1.29, 1.82) is 5.26 Å². The molecular formula is C16H15F3N6O. The van der Waals surface area contributed by atoms with Gasteiger partial charge in [-0.3, -0.25) is 4.98 Å². The van der Waals surface area contributed by atoms with Crippen molar-refractivity contribution in [1.82, 2.24) is 15.0 Å². The molecule has 0 radical (unpaired) electrons. The van der Waals surface area contributed by atoms with Crippen LogP contribution in [0.2, 0.25) is 0 Å². The van der Waals surface area contributed by atoms with Gasteiger partial charge in [0.2, 0.25) is 5.95 Å². The average Bonchev–Trinajstić information content (AvgIpc) is 2.58. The van der Waals surface area contributed by atoms with E-state index in [0.717, 1.165) is 18.5 Å². The number of hydrogen-bond acceptors (Lipinski definition) is 7.